The lowest BCUT2D eigenvalue weighted by Crippen LogP contribution is -3.13. The molecule has 2 aromatic carbocycles. The minimum atomic E-state index is -3.68. The molecule has 1 aliphatic heterocycles. The van der Waals surface area contributed by atoms with Crippen LogP contribution < -0.4 is 10.2 Å². The standard InChI is InChI=1S/C22H24N4O4S/c1-17-14-21(24-30-17)23-22(27)19-8-5-9-20(15-19)31(28,29)26-12-10-25(11-13-26)16-18-6-3-2-4-7-18/h2-9,14-15H,10-13,16H2,1H3,(H,23,24,27)/p+1. The molecule has 3 aromatic rings. The molecule has 0 unspecified atom stereocenters. The van der Waals surface area contributed by atoms with Crippen LogP contribution in [0, 0.1) is 6.92 Å². The van der Waals surface area contributed by atoms with Crippen molar-refractivity contribution in [3.05, 3.63) is 77.6 Å². The van der Waals surface area contributed by atoms with Crippen molar-refractivity contribution in [2.45, 2.75) is 18.4 Å². The summed E-state index contributed by atoms with van der Waals surface area (Å²) in [6.45, 7) is 4.96. The first-order chi connectivity index (χ1) is 14.9. The number of aromatic nitrogens is 1. The van der Waals surface area contributed by atoms with Gasteiger partial charge in [-0.1, -0.05) is 41.6 Å². The first-order valence-corrected chi connectivity index (χ1v) is 11.6. The molecule has 1 amide bonds. The van der Waals surface area contributed by atoms with Crippen molar-refractivity contribution >= 4 is 21.7 Å². The number of nitrogens with zero attached hydrogens (tertiary/aromatic N) is 2. The molecule has 8 nitrogen and oxygen atoms in total. The van der Waals surface area contributed by atoms with Crippen LogP contribution in [0.1, 0.15) is 21.7 Å². The van der Waals surface area contributed by atoms with Crippen LogP contribution in [0.3, 0.4) is 0 Å². The first-order valence-electron chi connectivity index (χ1n) is 10.1. The zero-order valence-electron chi connectivity index (χ0n) is 17.2. The van der Waals surface area contributed by atoms with Gasteiger partial charge in [0.05, 0.1) is 31.1 Å². The normalized spacial score (nSPS) is 15.6. The maximum atomic E-state index is 13.1. The largest absolute Gasteiger partial charge is 0.360 e. The van der Waals surface area contributed by atoms with Crippen LogP contribution in [-0.2, 0) is 16.6 Å². The summed E-state index contributed by atoms with van der Waals surface area (Å²) in [5.41, 5.74) is 1.49. The number of sulfonamides is 1. The Bertz CT molecular complexity index is 1150. The predicted octanol–water partition coefficient (Wildman–Crippen LogP) is 1.32. The minimum Gasteiger partial charge on any atom is -0.360 e. The van der Waals surface area contributed by atoms with Gasteiger partial charge in [-0.05, 0) is 25.1 Å². The highest BCUT2D eigenvalue weighted by atomic mass is 32.2. The monoisotopic (exact) mass is 441 g/mol. The molecular formula is C22H25N4O4S+. The Morgan fingerprint density at radius 1 is 1.10 bits per heavy atom. The van der Waals surface area contributed by atoms with E-state index >= 15 is 0 Å². The Kier molecular flexibility index (Phi) is 6.17. The van der Waals surface area contributed by atoms with Crippen molar-refractivity contribution < 1.29 is 22.6 Å². The molecule has 2 N–H and O–H groups in total. The van der Waals surface area contributed by atoms with E-state index in [2.05, 4.69) is 22.6 Å². The number of amides is 1. The number of carbonyl (C=O) groups is 1. The molecule has 1 saturated heterocycles. The van der Waals surface area contributed by atoms with Gasteiger partial charge in [0.25, 0.3) is 5.91 Å². The molecule has 0 aliphatic carbocycles. The molecule has 162 valence electrons. The molecule has 4 rings (SSSR count). The van der Waals surface area contributed by atoms with Crippen LogP contribution in [0.2, 0.25) is 0 Å². The average Bonchev–Trinajstić information content (AvgIpc) is 3.19. The fourth-order valence-corrected chi connectivity index (χ4v) is 5.15. The van der Waals surface area contributed by atoms with E-state index in [9.17, 15) is 13.2 Å². The molecule has 1 fully saturated rings. The van der Waals surface area contributed by atoms with Gasteiger partial charge in [-0.25, -0.2) is 8.42 Å². The number of hydrogen-bond acceptors (Lipinski definition) is 5. The topological polar surface area (TPSA) is 97.0 Å². The van der Waals surface area contributed by atoms with Crippen molar-refractivity contribution in [3.63, 3.8) is 0 Å². The van der Waals surface area contributed by atoms with Crippen LogP contribution in [0.15, 0.2) is 70.1 Å². The third-order valence-electron chi connectivity index (χ3n) is 5.33. The van der Waals surface area contributed by atoms with Crippen molar-refractivity contribution in [2.75, 3.05) is 31.5 Å². The highest BCUT2D eigenvalue weighted by Crippen LogP contribution is 2.18. The van der Waals surface area contributed by atoms with E-state index in [0.717, 1.165) is 19.6 Å². The average molecular weight is 442 g/mol. The Morgan fingerprint density at radius 3 is 2.52 bits per heavy atom. The molecule has 0 atom stereocenters. The molecule has 31 heavy (non-hydrogen) atoms. The second-order valence-electron chi connectivity index (χ2n) is 7.62. The van der Waals surface area contributed by atoms with Gasteiger partial charge in [0.2, 0.25) is 10.0 Å². The van der Waals surface area contributed by atoms with Gasteiger partial charge in [0.15, 0.2) is 5.82 Å². The van der Waals surface area contributed by atoms with Crippen LogP contribution >= 0.6 is 0 Å². The number of piperazine rings is 1. The molecule has 2 heterocycles. The number of benzene rings is 2. The third kappa shape index (κ3) is 5.01. The van der Waals surface area contributed by atoms with Crippen molar-refractivity contribution in [1.29, 1.82) is 0 Å². The predicted molar refractivity (Wildman–Crippen MR) is 115 cm³/mol. The lowest BCUT2D eigenvalue weighted by molar-refractivity contribution is -0.917. The van der Waals surface area contributed by atoms with Gasteiger partial charge < -0.3 is 14.7 Å². The highest BCUT2D eigenvalue weighted by molar-refractivity contribution is 7.89. The summed E-state index contributed by atoms with van der Waals surface area (Å²) in [4.78, 5) is 14.0. The Hall–Kier alpha value is -3.01. The zero-order valence-corrected chi connectivity index (χ0v) is 18.1. The Balaban J connectivity index is 1.42. The fraction of sp³-hybridized carbons (Fsp3) is 0.273. The van der Waals surface area contributed by atoms with E-state index in [1.807, 2.05) is 18.2 Å². The van der Waals surface area contributed by atoms with E-state index in [1.54, 1.807) is 25.1 Å². The maximum Gasteiger partial charge on any atom is 0.256 e. The summed E-state index contributed by atoms with van der Waals surface area (Å²) in [5, 5.41) is 6.34. The van der Waals surface area contributed by atoms with Gasteiger partial charge in [0.1, 0.15) is 12.3 Å². The lowest BCUT2D eigenvalue weighted by atomic mass is 10.2. The van der Waals surface area contributed by atoms with Crippen LogP contribution in [0.25, 0.3) is 0 Å². The van der Waals surface area contributed by atoms with E-state index in [-0.39, 0.29) is 16.3 Å². The number of anilines is 1. The summed E-state index contributed by atoms with van der Waals surface area (Å²) in [6.07, 6.45) is 0. The Labute approximate surface area is 181 Å². The van der Waals surface area contributed by atoms with Gasteiger partial charge in [-0.3, -0.25) is 4.79 Å². The summed E-state index contributed by atoms with van der Waals surface area (Å²) in [7, 11) is -3.68. The van der Waals surface area contributed by atoms with Gasteiger partial charge in [-0.2, -0.15) is 4.31 Å². The van der Waals surface area contributed by atoms with Crippen molar-refractivity contribution in [2.24, 2.45) is 0 Å². The summed E-state index contributed by atoms with van der Waals surface area (Å²) >= 11 is 0. The van der Waals surface area contributed by atoms with E-state index < -0.39 is 15.9 Å². The zero-order chi connectivity index (χ0) is 21.8. The minimum absolute atomic E-state index is 0.114. The van der Waals surface area contributed by atoms with E-state index in [1.165, 1.54) is 26.9 Å². The molecule has 0 saturated carbocycles. The Morgan fingerprint density at radius 2 is 1.84 bits per heavy atom. The highest BCUT2D eigenvalue weighted by Gasteiger charge is 2.30. The number of nitrogens with one attached hydrogen (secondary N) is 2. The molecule has 1 aromatic heterocycles. The quantitative estimate of drug-likeness (QED) is 0.602. The van der Waals surface area contributed by atoms with Crippen LogP contribution in [0.5, 0.6) is 0 Å². The third-order valence-corrected chi connectivity index (χ3v) is 7.22. The van der Waals surface area contributed by atoms with E-state index in [4.69, 9.17) is 4.52 Å². The maximum absolute atomic E-state index is 13.1. The molecule has 1 aliphatic rings. The van der Waals surface area contributed by atoms with Crippen LogP contribution in [-0.4, -0.2) is 50.0 Å². The molecule has 9 heteroatoms. The molecule has 0 spiro atoms. The number of rotatable bonds is 6. The lowest BCUT2D eigenvalue weighted by Gasteiger charge is -2.31. The van der Waals surface area contributed by atoms with Gasteiger partial charge >= 0.3 is 0 Å². The SMILES string of the molecule is Cc1cc(NC(=O)c2cccc(S(=O)(=O)N3CC[NH+](Cc4ccccc4)CC3)c2)no1. The van der Waals surface area contributed by atoms with Crippen molar-refractivity contribution in [1.82, 2.24) is 9.46 Å². The second-order valence-corrected chi connectivity index (χ2v) is 9.56. The van der Waals surface area contributed by atoms with Gasteiger partial charge in [-0.15, -0.1) is 0 Å². The number of quaternary nitrogens is 1. The second kappa shape index (κ2) is 9.01. The molecule has 0 radical (unpaired) electrons. The molecule has 0 bridgehead atoms. The summed E-state index contributed by atoms with van der Waals surface area (Å²) in [6, 6.07) is 17.9. The fourth-order valence-electron chi connectivity index (χ4n) is 3.66. The van der Waals surface area contributed by atoms with Gasteiger partial charge in [0, 0.05) is 17.2 Å². The van der Waals surface area contributed by atoms with Crippen molar-refractivity contribution in [3.8, 4) is 0 Å². The number of hydrogen-bond donors (Lipinski definition) is 2. The summed E-state index contributed by atoms with van der Waals surface area (Å²) < 4.78 is 32.7. The number of carbonyl (C=O) groups excluding carboxylic acids is 1. The first kappa shape index (κ1) is 21.2. The van der Waals surface area contributed by atoms with Crippen LogP contribution in [0.4, 0.5) is 5.82 Å². The smallest absolute Gasteiger partial charge is 0.256 e. The van der Waals surface area contributed by atoms with E-state index in [0.29, 0.717) is 18.8 Å². The molecular weight excluding hydrogens is 416 g/mol. The summed E-state index contributed by atoms with van der Waals surface area (Å²) in [5.74, 6) is 0.413. The number of aryl methyl sites for hydroxylation is 1.